The molecule has 1 heterocycles. The Bertz CT molecular complexity index is 461. The predicted octanol–water partition coefficient (Wildman–Crippen LogP) is 2.20. The third-order valence-corrected chi connectivity index (χ3v) is 3.01. The lowest BCUT2D eigenvalue weighted by molar-refractivity contribution is -0.384. The van der Waals surface area contributed by atoms with Crippen LogP contribution in [0.5, 0.6) is 0 Å². The van der Waals surface area contributed by atoms with Crippen molar-refractivity contribution in [3.05, 3.63) is 16.3 Å². The first-order valence-electron chi connectivity index (χ1n) is 6.69. The van der Waals surface area contributed by atoms with Gasteiger partial charge in [0.15, 0.2) is 0 Å². The summed E-state index contributed by atoms with van der Waals surface area (Å²) in [4.78, 5) is 21.1. The minimum atomic E-state index is -0.407. The van der Waals surface area contributed by atoms with Gasteiger partial charge in [-0.3, -0.25) is 10.1 Å². The second-order valence-corrected chi connectivity index (χ2v) is 4.61. The fourth-order valence-electron chi connectivity index (χ4n) is 2.04. The zero-order valence-corrected chi connectivity index (χ0v) is 11.3. The second kappa shape index (κ2) is 5.81. The van der Waals surface area contributed by atoms with Gasteiger partial charge in [-0.2, -0.15) is 4.98 Å². The lowest BCUT2D eigenvalue weighted by Crippen LogP contribution is -2.28. The summed E-state index contributed by atoms with van der Waals surface area (Å²) in [5, 5.41) is 14.1. The van der Waals surface area contributed by atoms with Gasteiger partial charge in [-0.15, -0.1) is 0 Å². The first kappa shape index (κ1) is 13.5. The molecule has 0 saturated heterocycles. The Labute approximate surface area is 112 Å². The van der Waals surface area contributed by atoms with Crippen molar-refractivity contribution < 1.29 is 4.92 Å². The SMILES string of the molecule is CCCN(c1nc(NCC)ncc1[N+](=O)[O-])C1CC1. The molecule has 19 heavy (non-hydrogen) atoms. The van der Waals surface area contributed by atoms with Crippen LogP contribution < -0.4 is 10.2 Å². The minimum Gasteiger partial charge on any atom is -0.354 e. The molecular weight excluding hydrogens is 246 g/mol. The number of aromatic nitrogens is 2. The van der Waals surface area contributed by atoms with Crippen LogP contribution in [0.25, 0.3) is 0 Å². The number of nitro groups is 1. The van der Waals surface area contributed by atoms with Crippen molar-refractivity contribution in [1.82, 2.24) is 9.97 Å². The maximum atomic E-state index is 11.1. The molecule has 0 aliphatic heterocycles. The van der Waals surface area contributed by atoms with Gasteiger partial charge in [0.1, 0.15) is 6.20 Å². The van der Waals surface area contributed by atoms with Crippen molar-refractivity contribution in [2.75, 3.05) is 23.3 Å². The van der Waals surface area contributed by atoms with E-state index in [0.717, 1.165) is 25.8 Å². The average Bonchev–Trinajstić information content (AvgIpc) is 3.20. The van der Waals surface area contributed by atoms with Gasteiger partial charge in [0.05, 0.1) is 4.92 Å². The fourth-order valence-corrected chi connectivity index (χ4v) is 2.04. The van der Waals surface area contributed by atoms with E-state index in [4.69, 9.17) is 0 Å². The van der Waals surface area contributed by atoms with E-state index >= 15 is 0 Å². The van der Waals surface area contributed by atoms with E-state index in [-0.39, 0.29) is 5.69 Å². The first-order chi connectivity index (χ1) is 9.17. The van der Waals surface area contributed by atoms with Crippen molar-refractivity contribution in [2.45, 2.75) is 39.2 Å². The quantitative estimate of drug-likeness (QED) is 0.601. The van der Waals surface area contributed by atoms with Gasteiger partial charge in [0, 0.05) is 19.1 Å². The topological polar surface area (TPSA) is 84.2 Å². The molecule has 0 spiro atoms. The Balaban J connectivity index is 2.37. The Morgan fingerprint density at radius 2 is 2.26 bits per heavy atom. The van der Waals surface area contributed by atoms with Gasteiger partial charge >= 0.3 is 5.69 Å². The van der Waals surface area contributed by atoms with Crippen LogP contribution in [0.4, 0.5) is 17.5 Å². The molecule has 1 aromatic heterocycles. The normalized spacial score (nSPS) is 14.2. The van der Waals surface area contributed by atoms with Crippen LogP contribution in [0, 0.1) is 10.1 Å². The van der Waals surface area contributed by atoms with E-state index < -0.39 is 4.92 Å². The first-order valence-corrected chi connectivity index (χ1v) is 6.69. The molecule has 1 aliphatic rings. The average molecular weight is 265 g/mol. The predicted molar refractivity (Wildman–Crippen MR) is 73.5 cm³/mol. The summed E-state index contributed by atoms with van der Waals surface area (Å²) in [6, 6.07) is 0.392. The van der Waals surface area contributed by atoms with Crippen LogP contribution in [-0.2, 0) is 0 Å². The van der Waals surface area contributed by atoms with Crippen LogP contribution in [0.2, 0.25) is 0 Å². The molecule has 0 bridgehead atoms. The van der Waals surface area contributed by atoms with E-state index in [1.807, 2.05) is 11.8 Å². The van der Waals surface area contributed by atoms with Gasteiger partial charge in [-0.1, -0.05) is 6.92 Å². The van der Waals surface area contributed by atoms with Crippen molar-refractivity contribution in [1.29, 1.82) is 0 Å². The molecule has 104 valence electrons. The Morgan fingerprint density at radius 1 is 1.53 bits per heavy atom. The third kappa shape index (κ3) is 3.10. The molecule has 0 aromatic carbocycles. The Morgan fingerprint density at radius 3 is 2.79 bits per heavy atom. The van der Waals surface area contributed by atoms with E-state index in [2.05, 4.69) is 22.2 Å². The van der Waals surface area contributed by atoms with Crippen molar-refractivity contribution in [3.8, 4) is 0 Å². The highest BCUT2D eigenvalue weighted by atomic mass is 16.6. The van der Waals surface area contributed by atoms with Crippen LogP contribution in [-0.4, -0.2) is 34.0 Å². The zero-order chi connectivity index (χ0) is 13.8. The van der Waals surface area contributed by atoms with E-state index in [1.165, 1.54) is 6.20 Å². The molecule has 0 amide bonds. The van der Waals surface area contributed by atoms with Gasteiger partial charge in [-0.05, 0) is 26.2 Å². The highest BCUT2D eigenvalue weighted by Gasteiger charge is 2.34. The largest absolute Gasteiger partial charge is 0.354 e. The smallest absolute Gasteiger partial charge is 0.329 e. The van der Waals surface area contributed by atoms with Crippen molar-refractivity contribution in [3.63, 3.8) is 0 Å². The van der Waals surface area contributed by atoms with Crippen LogP contribution in [0.15, 0.2) is 6.20 Å². The molecule has 7 heteroatoms. The molecule has 0 atom stereocenters. The third-order valence-electron chi connectivity index (χ3n) is 3.01. The molecule has 1 aromatic rings. The summed E-state index contributed by atoms with van der Waals surface area (Å²) < 4.78 is 0. The number of nitrogens with one attached hydrogen (secondary N) is 1. The summed E-state index contributed by atoms with van der Waals surface area (Å²) in [6.07, 6.45) is 4.40. The van der Waals surface area contributed by atoms with Crippen molar-refractivity contribution >= 4 is 17.5 Å². The van der Waals surface area contributed by atoms with Gasteiger partial charge in [-0.25, -0.2) is 4.98 Å². The highest BCUT2D eigenvalue weighted by Crippen LogP contribution is 2.35. The van der Waals surface area contributed by atoms with Gasteiger partial charge < -0.3 is 10.2 Å². The second-order valence-electron chi connectivity index (χ2n) is 4.61. The molecule has 1 aliphatic carbocycles. The summed E-state index contributed by atoms with van der Waals surface area (Å²) >= 11 is 0. The molecule has 1 fully saturated rings. The number of hydrogen-bond donors (Lipinski definition) is 1. The van der Waals surface area contributed by atoms with E-state index in [9.17, 15) is 10.1 Å². The van der Waals surface area contributed by atoms with Gasteiger partial charge in [0.25, 0.3) is 0 Å². The molecule has 1 saturated carbocycles. The van der Waals surface area contributed by atoms with Crippen LogP contribution in [0.3, 0.4) is 0 Å². The molecule has 7 nitrogen and oxygen atoms in total. The number of hydrogen-bond acceptors (Lipinski definition) is 6. The molecule has 0 radical (unpaired) electrons. The van der Waals surface area contributed by atoms with Gasteiger partial charge in [0.2, 0.25) is 11.8 Å². The Kier molecular flexibility index (Phi) is 4.13. The van der Waals surface area contributed by atoms with Crippen molar-refractivity contribution in [2.24, 2.45) is 0 Å². The number of anilines is 2. The zero-order valence-electron chi connectivity index (χ0n) is 11.3. The monoisotopic (exact) mass is 265 g/mol. The molecule has 0 unspecified atom stereocenters. The molecule has 2 rings (SSSR count). The van der Waals surface area contributed by atoms with Crippen LogP contribution >= 0.6 is 0 Å². The number of rotatable bonds is 7. The maximum absolute atomic E-state index is 11.1. The summed E-state index contributed by atoms with van der Waals surface area (Å²) in [7, 11) is 0. The van der Waals surface area contributed by atoms with E-state index in [0.29, 0.717) is 24.4 Å². The fraction of sp³-hybridized carbons (Fsp3) is 0.667. The summed E-state index contributed by atoms with van der Waals surface area (Å²) in [6.45, 7) is 5.48. The molecular formula is C12H19N5O2. The van der Waals surface area contributed by atoms with Crippen LogP contribution in [0.1, 0.15) is 33.1 Å². The highest BCUT2D eigenvalue weighted by molar-refractivity contribution is 5.60. The summed E-state index contributed by atoms with van der Waals surface area (Å²) in [5.74, 6) is 0.894. The van der Waals surface area contributed by atoms with E-state index in [1.54, 1.807) is 0 Å². The lowest BCUT2D eigenvalue weighted by atomic mass is 10.3. The standard InChI is InChI=1S/C12H19N5O2/c1-3-7-16(9-5-6-9)11-10(17(18)19)8-14-12(15-11)13-4-2/h8-9H,3-7H2,1-2H3,(H,13,14,15). The Hall–Kier alpha value is -1.92. The molecule has 1 N–H and O–H groups in total. The maximum Gasteiger partial charge on any atom is 0.329 e. The number of nitrogens with zero attached hydrogens (tertiary/aromatic N) is 4. The lowest BCUT2D eigenvalue weighted by Gasteiger charge is -2.22. The minimum absolute atomic E-state index is 0.0120. The summed E-state index contributed by atoms with van der Waals surface area (Å²) in [5.41, 5.74) is -0.0120.